The van der Waals surface area contributed by atoms with Crippen LogP contribution in [0, 0.1) is 5.92 Å². The van der Waals surface area contributed by atoms with Crippen LogP contribution in [0.25, 0.3) is 0 Å². The quantitative estimate of drug-likeness (QED) is 0.734. The standard InChI is InChI=1S/C14H27N3O2.2ClH/c1-11-9-17(10-12(2)19-11)7-3-5-16-14(18)13-4-6-15-8-13;;/h11-13,15H,3-10H2,1-2H3,(H,16,18);2*1H. The van der Waals surface area contributed by atoms with Crippen molar-refractivity contribution in [2.75, 3.05) is 39.3 Å². The summed E-state index contributed by atoms with van der Waals surface area (Å²) in [5, 5.41) is 6.27. The zero-order chi connectivity index (χ0) is 13.7. The lowest BCUT2D eigenvalue weighted by Crippen LogP contribution is -2.46. The number of rotatable bonds is 5. The average molecular weight is 342 g/mol. The first-order valence-corrected chi connectivity index (χ1v) is 7.51. The maximum atomic E-state index is 11.8. The van der Waals surface area contributed by atoms with Gasteiger partial charge in [-0.1, -0.05) is 0 Å². The number of nitrogens with one attached hydrogen (secondary N) is 2. The molecule has 7 heteroatoms. The molecule has 3 atom stereocenters. The highest BCUT2D eigenvalue weighted by Crippen LogP contribution is 2.10. The van der Waals surface area contributed by atoms with Gasteiger partial charge in [-0.05, 0) is 33.2 Å². The third-order valence-electron chi connectivity index (χ3n) is 3.88. The average Bonchev–Trinajstić information content (AvgIpc) is 2.87. The highest BCUT2D eigenvalue weighted by Gasteiger charge is 2.23. The van der Waals surface area contributed by atoms with Crippen molar-refractivity contribution in [1.82, 2.24) is 15.5 Å². The molecular formula is C14H29Cl2N3O2. The highest BCUT2D eigenvalue weighted by atomic mass is 35.5. The van der Waals surface area contributed by atoms with Crippen molar-refractivity contribution in [3.63, 3.8) is 0 Å². The topological polar surface area (TPSA) is 53.6 Å². The van der Waals surface area contributed by atoms with Gasteiger partial charge in [-0.15, -0.1) is 24.8 Å². The van der Waals surface area contributed by atoms with Crippen LogP contribution in [0.5, 0.6) is 0 Å². The van der Waals surface area contributed by atoms with Crippen molar-refractivity contribution in [1.29, 1.82) is 0 Å². The Hall–Kier alpha value is -0.0700. The molecule has 2 fully saturated rings. The Morgan fingerprint density at radius 1 is 1.29 bits per heavy atom. The third-order valence-corrected chi connectivity index (χ3v) is 3.88. The fraction of sp³-hybridized carbons (Fsp3) is 0.929. The molecule has 0 radical (unpaired) electrons. The first kappa shape index (κ1) is 20.9. The largest absolute Gasteiger partial charge is 0.373 e. The van der Waals surface area contributed by atoms with Crippen molar-refractivity contribution in [2.24, 2.45) is 5.92 Å². The van der Waals surface area contributed by atoms with E-state index >= 15 is 0 Å². The van der Waals surface area contributed by atoms with Crippen LogP contribution >= 0.6 is 24.8 Å². The van der Waals surface area contributed by atoms with Gasteiger partial charge in [0, 0.05) is 32.7 Å². The fourth-order valence-corrected chi connectivity index (χ4v) is 3.00. The molecule has 2 rings (SSSR count). The number of ether oxygens (including phenoxy) is 1. The zero-order valence-corrected chi connectivity index (χ0v) is 14.6. The molecule has 0 aromatic rings. The first-order chi connectivity index (χ1) is 9.15. The molecule has 2 aliphatic heterocycles. The second-order valence-electron chi connectivity index (χ2n) is 5.85. The van der Waals surface area contributed by atoms with Crippen molar-refractivity contribution in [3.05, 3.63) is 0 Å². The Morgan fingerprint density at radius 2 is 1.95 bits per heavy atom. The van der Waals surface area contributed by atoms with Gasteiger partial charge in [-0.2, -0.15) is 0 Å². The van der Waals surface area contributed by atoms with E-state index in [4.69, 9.17) is 4.74 Å². The maximum absolute atomic E-state index is 11.8. The van der Waals surface area contributed by atoms with Gasteiger partial charge in [0.15, 0.2) is 0 Å². The lowest BCUT2D eigenvalue weighted by atomic mass is 10.1. The van der Waals surface area contributed by atoms with E-state index in [2.05, 4.69) is 29.4 Å². The van der Waals surface area contributed by atoms with Crippen molar-refractivity contribution in [2.45, 2.75) is 38.9 Å². The minimum absolute atomic E-state index is 0. The molecule has 2 aliphatic rings. The summed E-state index contributed by atoms with van der Waals surface area (Å²) in [4.78, 5) is 14.2. The molecule has 3 unspecified atom stereocenters. The normalized spacial score (nSPS) is 29.3. The molecule has 0 aromatic heterocycles. The molecule has 1 amide bonds. The van der Waals surface area contributed by atoms with E-state index in [1.54, 1.807) is 0 Å². The number of morpholine rings is 1. The van der Waals surface area contributed by atoms with Gasteiger partial charge < -0.3 is 15.4 Å². The number of nitrogens with zero attached hydrogens (tertiary/aromatic N) is 1. The smallest absolute Gasteiger partial charge is 0.224 e. The summed E-state index contributed by atoms with van der Waals surface area (Å²) in [6.45, 7) is 9.90. The summed E-state index contributed by atoms with van der Waals surface area (Å²) in [5.41, 5.74) is 0. The Kier molecular flexibility index (Phi) is 10.6. The van der Waals surface area contributed by atoms with E-state index in [9.17, 15) is 4.79 Å². The van der Waals surface area contributed by atoms with Crippen LogP contribution in [0.15, 0.2) is 0 Å². The summed E-state index contributed by atoms with van der Waals surface area (Å²) < 4.78 is 5.71. The Balaban J connectivity index is 0.00000200. The van der Waals surface area contributed by atoms with Gasteiger partial charge in [0.2, 0.25) is 5.91 Å². The van der Waals surface area contributed by atoms with Crippen molar-refractivity contribution < 1.29 is 9.53 Å². The molecule has 2 saturated heterocycles. The van der Waals surface area contributed by atoms with Crippen LogP contribution in [0.4, 0.5) is 0 Å². The van der Waals surface area contributed by atoms with E-state index in [1.807, 2.05) is 0 Å². The number of halogens is 2. The Labute approximate surface area is 140 Å². The molecule has 5 nitrogen and oxygen atoms in total. The Morgan fingerprint density at radius 3 is 2.52 bits per heavy atom. The third kappa shape index (κ3) is 7.15. The van der Waals surface area contributed by atoms with E-state index in [0.717, 1.165) is 52.1 Å². The van der Waals surface area contributed by atoms with Gasteiger partial charge in [-0.3, -0.25) is 9.69 Å². The minimum atomic E-state index is 0. The summed E-state index contributed by atoms with van der Waals surface area (Å²) in [7, 11) is 0. The number of carbonyl (C=O) groups is 1. The SMILES string of the molecule is CC1CN(CCCNC(=O)C2CCNC2)CC(C)O1.Cl.Cl. The highest BCUT2D eigenvalue weighted by molar-refractivity contribution is 5.85. The monoisotopic (exact) mass is 341 g/mol. The van der Waals surface area contributed by atoms with Crippen molar-refractivity contribution >= 4 is 30.7 Å². The van der Waals surface area contributed by atoms with Crippen LogP contribution in [-0.4, -0.2) is 62.3 Å². The van der Waals surface area contributed by atoms with Gasteiger partial charge in [0.1, 0.15) is 0 Å². The van der Waals surface area contributed by atoms with Crippen LogP contribution < -0.4 is 10.6 Å². The van der Waals surface area contributed by atoms with Gasteiger partial charge >= 0.3 is 0 Å². The lowest BCUT2D eigenvalue weighted by Gasteiger charge is -2.35. The van der Waals surface area contributed by atoms with Gasteiger partial charge in [-0.25, -0.2) is 0 Å². The fourth-order valence-electron chi connectivity index (χ4n) is 3.00. The molecule has 0 bridgehead atoms. The Bertz CT molecular complexity index is 292. The predicted molar refractivity (Wildman–Crippen MR) is 89.5 cm³/mol. The summed E-state index contributed by atoms with van der Waals surface area (Å²) in [6, 6.07) is 0. The second kappa shape index (κ2) is 10.6. The van der Waals surface area contributed by atoms with E-state index in [-0.39, 0.29) is 36.6 Å². The summed E-state index contributed by atoms with van der Waals surface area (Å²) in [6.07, 6.45) is 2.64. The number of hydrogen-bond donors (Lipinski definition) is 2. The summed E-state index contributed by atoms with van der Waals surface area (Å²) >= 11 is 0. The van der Waals surface area contributed by atoms with Gasteiger partial charge in [0.25, 0.3) is 0 Å². The molecule has 0 aromatic carbocycles. The molecule has 0 spiro atoms. The number of amides is 1. The molecule has 0 aliphatic carbocycles. The second-order valence-corrected chi connectivity index (χ2v) is 5.85. The molecule has 21 heavy (non-hydrogen) atoms. The van der Waals surface area contributed by atoms with Crippen LogP contribution in [0.1, 0.15) is 26.7 Å². The van der Waals surface area contributed by atoms with Gasteiger partial charge in [0.05, 0.1) is 18.1 Å². The molecule has 2 heterocycles. The molecular weight excluding hydrogens is 313 g/mol. The van der Waals surface area contributed by atoms with E-state index in [0.29, 0.717) is 12.2 Å². The van der Waals surface area contributed by atoms with E-state index < -0.39 is 0 Å². The van der Waals surface area contributed by atoms with Crippen LogP contribution in [-0.2, 0) is 9.53 Å². The van der Waals surface area contributed by atoms with Crippen molar-refractivity contribution in [3.8, 4) is 0 Å². The van der Waals surface area contributed by atoms with Crippen LogP contribution in [0.3, 0.4) is 0 Å². The number of hydrogen-bond acceptors (Lipinski definition) is 4. The first-order valence-electron chi connectivity index (χ1n) is 7.51. The number of carbonyl (C=O) groups excluding carboxylic acids is 1. The minimum Gasteiger partial charge on any atom is -0.373 e. The lowest BCUT2D eigenvalue weighted by molar-refractivity contribution is -0.124. The van der Waals surface area contributed by atoms with E-state index in [1.165, 1.54) is 0 Å². The molecule has 0 saturated carbocycles. The summed E-state index contributed by atoms with van der Waals surface area (Å²) in [5.74, 6) is 0.400. The predicted octanol–water partition coefficient (Wildman–Crippen LogP) is 1.05. The zero-order valence-electron chi connectivity index (χ0n) is 13.0. The molecule has 2 N–H and O–H groups in total. The molecule has 126 valence electrons. The van der Waals surface area contributed by atoms with Crippen LogP contribution in [0.2, 0.25) is 0 Å². The maximum Gasteiger partial charge on any atom is 0.224 e.